The molecule has 0 aliphatic heterocycles. The van der Waals surface area contributed by atoms with Crippen LogP contribution in [0.5, 0.6) is 0 Å². The molecule has 0 heterocycles. The summed E-state index contributed by atoms with van der Waals surface area (Å²) >= 11 is 5.64. The number of halogens is 1. The minimum absolute atomic E-state index is 0.223. The van der Waals surface area contributed by atoms with Gasteiger partial charge in [0.2, 0.25) is 0 Å². The quantitative estimate of drug-likeness (QED) is 0.709. The molecule has 0 amide bonds. The molecule has 2 atom stereocenters. The summed E-state index contributed by atoms with van der Waals surface area (Å²) in [5, 5.41) is 0. The summed E-state index contributed by atoms with van der Waals surface area (Å²) in [4.78, 5) is 11.7. The number of rotatable bonds is 3. The number of carbonyl (C=O) groups excluding carboxylic acids is 1. The van der Waals surface area contributed by atoms with Gasteiger partial charge in [-0.3, -0.25) is 4.79 Å². The van der Waals surface area contributed by atoms with E-state index in [0.717, 1.165) is 37.2 Å². The van der Waals surface area contributed by atoms with E-state index in [9.17, 15) is 4.79 Å². The summed E-state index contributed by atoms with van der Waals surface area (Å²) in [5.74, 6) is 2.07. The summed E-state index contributed by atoms with van der Waals surface area (Å²) in [6.45, 7) is 6.50. The lowest BCUT2D eigenvalue weighted by Crippen LogP contribution is -2.27. The molecule has 1 saturated carbocycles. The van der Waals surface area contributed by atoms with Crippen molar-refractivity contribution in [3.05, 3.63) is 11.1 Å². The van der Waals surface area contributed by atoms with Gasteiger partial charge < -0.3 is 0 Å². The van der Waals surface area contributed by atoms with Gasteiger partial charge in [0.15, 0.2) is 0 Å². The molecular weight excluding hydrogens is 208 g/mol. The molecule has 15 heavy (non-hydrogen) atoms. The first-order valence-corrected chi connectivity index (χ1v) is 6.26. The van der Waals surface area contributed by atoms with E-state index in [1.165, 1.54) is 0 Å². The topological polar surface area (TPSA) is 17.1 Å². The van der Waals surface area contributed by atoms with Crippen molar-refractivity contribution in [3.8, 4) is 0 Å². The third-order valence-electron chi connectivity index (χ3n) is 3.50. The summed E-state index contributed by atoms with van der Waals surface area (Å²) < 4.78 is 0. The summed E-state index contributed by atoms with van der Waals surface area (Å²) in [7, 11) is 0. The average Bonchev–Trinajstić information content (AvgIpc) is 2.20. The number of Topliss-reactive ketones (excluding diaryl/α,β-unsaturated/α-hetero) is 1. The zero-order valence-electron chi connectivity index (χ0n) is 9.92. The van der Waals surface area contributed by atoms with E-state index in [1.807, 2.05) is 6.92 Å². The second-order valence-corrected chi connectivity index (χ2v) is 5.32. The fraction of sp³-hybridized carbons (Fsp3) is 0.769. The van der Waals surface area contributed by atoms with Gasteiger partial charge in [-0.1, -0.05) is 31.0 Å². The van der Waals surface area contributed by atoms with Gasteiger partial charge in [0.05, 0.1) is 0 Å². The van der Waals surface area contributed by atoms with Gasteiger partial charge in [-0.25, -0.2) is 0 Å². The van der Waals surface area contributed by atoms with Crippen molar-refractivity contribution >= 4 is 17.4 Å². The van der Waals surface area contributed by atoms with E-state index in [-0.39, 0.29) is 5.92 Å². The Morgan fingerprint density at radius 2 is 2.27 bits per heavy atom. The zero-order chi connectivity index (χ0) is 11.4. The zero-order valence-corrected chi connectivity index (χ0v) is 10.7. The summed E-state index contributed by atoms with van der Waals surface area (Å²) in [6, 6.07) is 0. The lowest BCUT2D eigenvalue weighted by molar-refractivity contribution is -0.125. The highest BCUT2D eigenvalue weighted by atomic mass is 35.5. The van der Waals surface area contributed by atoms with E-state index < -0.39 is 0 Å². The second kappa shape index (κ2) is 5.69. The van der Waals surface area contributed by atoms with Gasteiger partial charge >= 0.3 is 0 Å². The smallest absolute Gasteiger partial charge is 0.136 e. The molecule has 1 aliphatic rings. The Bertz CT molecular complexity index is 255. The van der Waals surface area contributed by atoms with Gasteiger partial charge in [-0.2, -0.15) is 0 Å². The molecule has 1 fully saturated rings. The highest BCUT2D eigenvalue weighted by Crippen LogP contribution is 2.34. The predicted octanol–water partition coefficient (Wildman–Crippen LogP) is 4.16. The molecule has 0 saturated heterocycles. The minimum Gasteiger partial charge on any atom is -0.299 e. The van der Waals surface area contributed by atoms with Crippen LogP contribution in [-0.2, 0) is 4.79 Å². The van der Waals surface area contributed by atoms with Gasteiger partial charge in [0.25, 0.3) is 0 Å². The molecule has 0 N–H and O–H groups in total. The van der Waals surface area contributed by atoms with Crippen molar-refractivity contribution in [1.82, 2.24) is 0 Å². The van der Waals surface area contributed by atoms with Crippen molar-refractivity contribution in [2.75, 3.05) is 0 Å². The molecule has 0 aromatic rings. The monoisotopic (exact) mass is 228 g/mol. The van der Waals surface area contributed by atoms with Crippen LogP contribution in [0.2, 0.25) is 0 Å². The van der Waals surface area contributed by atoms with Crippen molar-refractivity contribution in [2.24, 2.45) is 17.8 Å². The van der Waals surface area contributed by atoms with Crippen LogP contribution in [0.3, 0.4) is 0 Å². The van der Waals surface area contributed by atoms with Crippen molar-refractivity contribution in [2.45, 2.75) is 46.5 Å². The van der Waals surface area contributed by atoms with Gasteiger partial charge in [-0.05, 0) is 38.0 Å². The third-order valence-corrected chi connectivity index (χ3v) is 3.87. The maximum absolute atomic E-state index is 11.7. The summed E-state index contributed by atoms with van der Waals surface area (Å²) in [5.41, 5.74) is 2.73. The Labute approximate surface area is 97.9 Å². The fourth-order valence-electron chi connectivity index (χ4n) is 2.38. The molecular formula is C13H21ClO. The number of carbonyl (C=O) groups is 1. The molecule has 0 spiro atoms. The van der Waals surface area contributed by atoms with Crippen LogP contribution >= 0.6 is 11.6 Å². The van der Waals surface area contributed by atoms with Crippen molar-refractivity contribution < 1.29 is 4.79 Å². The molecule has 1 rings (SSSR count). The van der Waals surface area contributed by atoms with E-state index in [2.05, 4.69) is 13.8 Å². The van der Waals surface area contributed by atoms with Crippen LogP contribution in [0.15, 0.2) is 11.1 Å². The summed E-state index contributed by atoms with van der Waals surface area (Å²) in [6.07, 6.45) is 3.75. The fourth-order valence-corrected chi connectivity index (χ4v) is 2.47. The molecule has 0 aromatic carbocycles. The normalized spacial score (nSPS) is 28.6. The Balaban J connectivity index is 2.57. The number of allylic oxidation sites excluding steroid dienone is 1. The molecule has 1 nitrogen and oxygen atoms in total. The minimum atomic E-state index is 0.223. The predicted molar refractivity (Wildman–Crippen MR) is 64.9 cm³/mol. The maximum Gasteiger partial charge on any atom is 0.136 e. The SMILES string of the molecule is CC(=CCl)CC1CC(C(C)C)CCC1=O. The van der Waals surface area contributed by atoms with Crippen molar-refractivity contribution in [3.63, 3.8) is 0 Å². The van der Waals surface area contributed by atoms with Crippen LogP contribution in [0.1, 0.15) is 46.5 Å². The molecule has 0 bridgehead atoms. The van der Waals surface area contributed by atoms with Crippen LogP contribution in [0.4, 0.5) is 0 Å². The van der Waals surface area contributed by atoms with E-state index in [4.69, 9.17) is 11.6 Å². The second-order valence-electron chi connectivity index (χ2n) is 5.10. The van der Waals surface area contributed by atoms with Crippen LogP contribution in [-0.4, -0.2) is 5.78 Å². The lowest BCUT2D eigenvalue weighted by atomic mass is 9.74. The van der Waals surface area contributed by atoms with Gasteiger partial charge in [0, 0.05) is 17.9 Å². The largest absolute Gasteiger partial charge is 0.299 e. The van der Waals surface area contributed by atoms with Crippen LogP contribution < -0.4 is 0 Å². The highest BCUT2D eigenvalue weighted by Gasteiger charge is 2.29. The Hall–Kier alpha value is -0.300. The number of hydrogen-bond donors (Lipinski definition) is 0. The Morgan fingerprint density at radius 3 is 2.80 bits per heavy atom. The molecule has 0 radical (unpaired) electrons. The van der Waals surface area contributed by atoms with E-state index in [0.29, 0.717) is 11.7 Å². The Morgan fingerprint density at radius 1 is 1.60 bits per heavy atom. The van der Waals surface area contributed by atoms with Gasteiger partial charge in [0.1, 0.15) is 5.78 Å². The Kier molecular flexibility index (Phi) is 4.85. The average molecular weight is 229 g/mol. The number of hydrogen-bond acceptors (Lipinski definition) is 1. The number of ketones is 1. The molecule has 2 heteroatoms. The van der Waals surface area contributed by atoms with Gasteiger partial charge in [-0.15, -0.1) is 0 Å². The maximum atomic E-state index is 11.7. The third kappa shape index (κ3) is 3.64. The first kappa shape index (κ1) is 12.8. The first-order chi connectivity index (χ1) is 7.04. The van der Waals surface area contributed by atoms with E-state index >= 15 is 0 Å². The van der Waals surface area contributed by atoms with E-state index in [1.54, 1.807) is 5.54 Å². The molecule has 86 valence electrons. The molecule has 0 aromatic heterocycles. The van der Waals surface area contributed by atoms with Crippen molar-refractivity contribution in [1.29, 1.82) is 0 Å². The first-order valence-electron chi connectivity index (χ1n) is 5.83. The molecule has 2 unspecified atom stereocenters. The standard InChI is InChI=1S/C13H21ClO/c1-9(2)11-4-5-13(15)12(7-11)6-10(3)8-14/h8-9,11-12H,4-7H2,1-3H3. The van der Waals surface area contributed by atoms with Crippen LogP contribution in [0.25, 0.3) is 0 Å². The molecule has 1 aliphatic carbocycles. The highest BCUT2D eigenvalue weighted by molar-refractivity contribution is 6.25. The lowest BCUT2D eigenvalue weighted by Gasteiger charge is -2.30. The van der Waals surface area contributed by atoms with Crippen LogP contribution in [0, 0.1) is 17.8 Å².